The third-order valence-electron chi connectivity index (χ3n) is 4.21. The molecular weight excluding hydrogens is 246 g/mol. The maximum Gasteiger partial charge on any atom is 0.0672 e. The van der Waals surface area contributed by atoms with E-state index in [1.165, 1.54) is 23.1 Å². The molecule has 0 radical (unpaired) electrons. The zero-order chi connectivity index (χ0) is 14.1. The molecule has 1 atom stereocenters. The van der Waals surface area contributed by atoms with Crippen molar-refractivity contribution in [3.8, 4) is 11.1 Å². The molecule has 1 N–H and O–H groups in total. The number of rotatable bonds is 3. The highest BCUT2D eigenvalue weighted by Gasteiger charge is 2.18. The molecule has 20 heavy (non-hydrogen) atoms. The molecule has 0 aliphatic carbocycles. The third kappa shape index (κ3) is 2.50. The molecule has 1 aromatic carbocycles. The minimum Gasteiger partial charge on any atom is -0.315 e. The van der Waals surface area contributed by atoms with Gasteiger partial charge in [-0.25, -0.2) is 0 Å². The molecule has 0 bridgehead atoms. The Morgan fingerprint density at radius 2 is 2.00 bits per heavy atom. The Morgan fingerprint density at radius 3 is 2.60 bits per heavy atom. The molecule has 3 nitrogen and oxygen atoms in total. The summed E-state index contributed by atoms with van der Waals surface area (Å²) in [7, 11) is 0. The van der Waals surface area contributed by atoms with Crippen LogP contribution in [0.3, 0.4) is 0 Å². The summed E-state index contributed by atoms with van der Waals surface area (Å²) in [5.41, 5.74) is 5.03. The predicted molar refractivity (Wildman–Crippen MR) is 83.0 cm³/mol. The Kier molecular flexibility index (Phi) is 3.62. The minimum atomic E-state index is 0.511. The van der Waals surface area contributed by atoms with Gasteiger partial charge in [0.1, 0.15) is 0 Å². The molecule has 3 heteroatoms. The average molecular weight is 269 g/mol. The number of aromatic nitrogens is 2. The molecule has 0 saturated carbocycles. The molecule has 0 amide bonds. The molecule has 1 aliphatic rings. The second-order valence-corrected chi connectivity index (χ2v) is 6.03. The number of benzene rings is 1. The van der Waals surface area contributed by atoms with Crippen LogP contribution in [0.2, 0.25) is 0 Å². The van der Waals surface area contributed by atoms with E-state index in [9.17, 15) is 0 Å². The van der Waals surface area contributed by atoms with Crippen molar-refractivity contribution in [2.24, 2.45) is 0 Å². The van der Waals surface area contributed by atoms with Gasteiger partial charge in [0, 0.05) is 18.3 Å². The van der Waals surface area contributed by atoms with E-state index >= 15 is 0 Å². The van der Waals surface area contributed by atoms with Gasteiger partial charge in [-0.2, -0.15) is 5.10 Å². The van der Waals surface area contributed by atoms with Gasteiger partial charge in [0.2, 0.25) is 0 Å². The SMILES string of the molecule is Cc1nn(C2CCNC2)cc1-c1ccc(C(C)C)cc1. The van der Waals surface area contributed by atoms with Crippen LogP contribution in [-0.2, 0) is 0 Å². The van der Waals surface area contributed by atoms with Crippen molar-refractivity contribution in [3.05, 3.63) is 41.7 Å². The van der Waals surface area contributed by atoms with Gasteiger partial charge in [0.15, 0.2) is 0 Å². The monoisotopic (exact) mass is 269 g/mol. The summed E-state index contributed by atoms with van der Waals surface area (Å²) in [6, 6.07) is 9.41. The smallest absolute Gasteiger partial charge is 0.0672 e. The summed E-state index contributed by atoms with van der Waals surface area (Å²) in [5.74, 6) is 0.581. The van der Waals surface area contributed by atoms with Crippen LogP contribution in [0.4, 0.5) is 0 Å². The first-order chi connectivity index (χ1) is 9.65. The van der Waals surface area contributed by atoms with E-state index in [-0.39, 0.29) is 0 Å². The molecule has 2 heterocycles. The summed E-state index contributed by atoms with van der Waals surface area (Å²) < 4.78 is 2.14. The largest absolute Gasteiger partial charge is 0.315 e. The molecule has 106 valence electrons. The highest BCUT2D eigenvalue weighted by molar-refractivity contribution is 5.65. The second-order valence-electron chi connectivity index (χ2n) is 6.03. The van der Waals surface area contributed by atoms with E-state index in [2.05, 4.69) is 61.2 Å². The lowest BCUT2D eigenvalue weighted by molar-refractivity contribution is 0.488. The van der Waals surface area contributed by atoms with Gasteiger partial charge in [0.05, 0.1) is 11.7 Å². The molecule has 1 aromatic heterocycles. The van der Waals surface area contributed by atoms with Crippen LogP contribution in [-0.4, -0.2) is 22.9 Å². The topological polar surface area (TPSA) is 29.9 Å². The number of nitrogens with zero attached hydrogens (tertiary/aromatic N) is 2. The second kappa shape index (κ2) is 5.41. The molecule has 0 spiro atoms. The van der Waals surface area contributed by atoms with Gasteiger partial charge in [-0.05, 0) is 36.9 Å². The van der Waals surface area contributed by atoms with E-state index in [0.717, 1.165) is 18.8 Å². The van der Waals surface area contributed by atoms with Crippen molar-refractivity contribution in [2.75, 3.05) is 13.1 Å². The first-order valence-corrected chi connectivity index (χ1v) is 7.52. The summed E-state index contributed by atoms with van der Waals surface area (Å²) in [5, 5.41) is 8.10. The predicted octanol–water partition coefficient (Wildman–Crippen LogP) is 3.52. The summed E-state index contributed by atoms with van der Waals surface area (Å²) in [4.78, 5) is 0. The first-order valence-electron chi connectivity index (χ1n) is 7.52. The highest BCUT2D eigenvalue weighted by atomic mass is 15.3. The van der Waals surface area contributed by atoms with Crippen LogP contribution >= 0.6 is 0 Å². The minimum absolute atomic E-state index is 0.511. The fourth-order valence-electron chi connectivity index (χ4n) is 2.86. The Bertz CT molecular complexity index is 575. The Morgan fingerprint density at radius 1 is 1.25 bits per heavy atom. The van der Waals surface area contributed by atoms with Crippen LogP contribution in [0, 0.1) is 6.92 Å². The van der Waals surface area contributed by atoms with Gasteiger partial charge >= 0.3 is 0 Å². The normalized spacial score (nSPS) is 18.9. The van der Waals surface area contributed by atoms with Gasteiger partial charge in [-0.1, -0.05) is 38.1 Å². The van der Waals surface area contributed by atoms with Crippen LogP contribution in [0.15, 0.2) is 30.5 Å². The van der Waals surface area contributed by atoms with E-state index < -0.39 is 0 Å². The van der Waals surface area contributed by atoms with E-state index in [0.29, 0.717) is 12.0 Å². The molecule has 1 unspecified atom stereocenters. The Hall–Kier alpha value is -1.61. The zero-order valence-corrected chi connectivity index (χ0v) is 12.6. The summed E-state index contributed by atoms with van der Waals surface area (Å²) in [6.07, 6.45) is 3.38. The fraction of sp³-hybridized carbons (Fsp3) is 0.471. The Labute approximate surface area is 121 Å². The molecule has 1 saturated heterocycles. The number of nitrogens with one attached hydrogen (secondary N) is 1. The lowest BCUT2D eigenvalue weighted by atomic mass is 9.99. The number of hydrogen-bond acceptors (Lipinski definition) is 2. The van der Waals surface area contributed by atoms with Gasteiger partial charge in [0.25, 0.3) is 0 Å². The lowest BCUT2D eigenvalue weighted by Crippen LogP contribution is -2.13. The van der Waals surface area contributed by atoms with Crippen LogP contribution < -0.4 is 5.32 Å². The van der Waals surface area contributed by atoms with Crippen LogP contribution in [0.25, 0.3) is 11.1 Å². The summed E-state index contributed by atoms with van der Waals surface area (Å²) >= 11 is 0. The van der Waals surface area contributed by atoms with E-state index in [1.807, 2.05) is 0 Å². The summed E-state index contributed by atoms with van der Waals surface area (Å²) in [6.45, 7) is 8.69. The van der Waals surface area contributed by atoms with Gasteiger partial charge in [-0.15, -0.1) is 0 Å². The highest BCUT2D eigenvalue weighted by Crippen LogP contribution is 2.27. The van der Waals surface area contributed by atoms with Crippen molar-refractivity contribution >= 4 is 0 Å². The average Bonchev–Trinajstić information content (AvgIpc) is 3.08. The van der Waals surface area contributed by atoms with Gasteiger partial charge < -0.3 is 5.32 Å². The van der Waals surface area contributed by atoms with Crippen molar-refractivity contribution in [1.82, 2.24) is 15.1 Å². The van der Waals surface area contributed by atoms with Crippen LogP contribution in [0.5, 0.6) is 0 Å². The fourth-order valence-corrected chi connectivity index (χ4v) is 2.86. The van der Waals surface area contributed by atoms with Crippen molar-refractivity contribution < 1.29 is 0 Å². The first kappa shape index (κ1) is 13.4. The quantitative estimate of drug-likeness (QED) is 0.924. The third-order valence-corrected chi connectivity index (χ3v) is 4.21. The maximum absolute atomic E-state index is 4.70. The molecule has 2 aromatic rings. The number of aryl methyl sites for hydroxylation is 1. The molecule has 1 fully saturated rings. The molecule has 3 rings (SSSR count). The van der Waals surface area contributed by atoms with Gasteiger partial charge in [-0.3, -0.25) is 4.68 Å². The maximum atomic E-state index is 4.70. The Balaban J connectivity index is 1.89. The number of hydrogen-bond donors (Lipinski definition) is 1. The van der Waals surface area contributed by atoms with Crippen LogP contribution in [0.1, 0.15) is 43.5 Å². The standard InChI is InChI=1S/C17H23N3/c1-12(2)14-4-6-15(7-5-14)17-11-20(19-13(17)3)16-8-9-18-10-16/h4-7,11-12,16,18H,8-10H2,1-3H3. The van der Waals surface area contributed by atoms with Crippen molar-refractivity contribution in [1.29, 1.82) is 0 Å². The van der Waals surface area contributed by atoms with Crippen molar-refractivity contribution in [3.63, 3.8) is 0 Å². The molecular formula is C17H23N3. The molecule has 1 aliphatic heterocycles. The van der Waals surface area contributed by atoms with Crippen molar-refractivity contribution in [2.45, 2.75) is 39.2 Å². The van der Waals surface area contributed by atoms with E-state index in [1.54, 1.807) is 0 Å². The lowest BCUT2D eigenvalue weighted by Gasteiger charge is -2.08. The van der Waals surface area contributed by atoms with E-state index in [4.69, 9.17) is 5.10 Å². The zero-order valence-electron chi connectivity index (χ0n) is 12.6.